The van der Waals surface area contributed by atoms with Crippen LogP contribution in [0.1, 0.15) is 58.2 Å². The van der Waals surface area contributed by atoms with Crippen molar-refractivity contribution in [1.82, 2.24) is 14.8 Å². The molecule has 1 saturated carbocycles. The number of carbonyl (C=O) groups excluding carboxylic acids is 1. The molecule has 5 rings (SSSR count). The Kier molecular flexibility index (Phi) is 6.29. The minimum Gasteiger partial charge on any atom is -0.396 e. The number of aromatic nitrogens is 1. The van der Waals surface area contributed by atoms with Crippen molar-refractivity contribution in [3.63, 3.8) is 0 Å². The molecule has 2 aromatic rings. The van der Waals surface area contributed by atoms with Crippen LogP contribution in [0.2, 0.25) is 0 Å². The molecule has 3 heterocycles. The highest BCUT2D eigenvalue weighted by Gasteiger charge is 2.41. The predicted molar refractivity (Wildman–Crippen MR) is 120 cm³/mol. The maximum atomic E-state index is 13.9. The number of piperidine rings is 1. The highest BCUT2D eigenvalue weighted by Crippen LogP contribution is 2.41. The summed E-state index contributed by atoms with van der Waals surface area (Å²) in [5, 5.41) is 12.2. The molecule has 6 nitrogen and oxygen atoms in total. The molecule has 3 aliphatic rings. The molecular weight excluding hydrogens is 429 g/mol. The summed E-state index contributed by atoms with van der Waals surface area (Å²) in [5.74, 6) is 0.338. The van der Waals surface area contributed by atoms with Crippen molar-refractivity contribution in [3.05, 3.63) is 51.2 Å². The summed E-state index contributed by atoms with van der Waals surface area (Å²) >= 11 is 1.61. The SMILES string of the molecule is O=C(c1csc(C2CC2)n1)N1CCOC2(CCN(Cc3cc(F)cc(CCO)c3)CC2)C1. The third kappa shape index (κ3) is 4.88. The smallest absolute Gasteiger partial charge is 0.273 e. The first-order chi connectivity index (χ1) is 15.5. The summed E-state index contributed by atoms with van der Waals surface area (Å²) in [5.41, 5.74) is 2.04. The summed E-state index contributed by atoms with van der Waals surface area (Å²) < 4.78 is 20.2. The summed E-state index contributed by atoms with van der Waals surface area (Å²) in [6.07, 6.45) is 4.54. The van der Waals surface area contributed by atoms with E-state index in [1.54, 1.807) is 17.4 Å². The summed E-state index contributed by atoms with van der Waals surface area (Å²) in [7, 11) is 0. The van der Waals surface area contributed by atoms with Crippen molar-refractivity contribution in [1.29, 1.82) is 0 Å². The second kappa shape index (κ2) is 9.17. The minimum atomic E-state index is -0.302. The number of halogens is 1. The van der Waals surface area contributed by atoms with E-state index < -0.39 is 0 Å². The van der Waals surface area contributed by atoms with Gasteiger partial charge in [0, 0.05) is 44.1 Å². The summed E-state index contributed by atoms with van der Waals surface area (Å²) in [4.78, 5) is 21.9. The maximum Gasteiger partial charge on any atom is 0.273 e. The molecule has 32 heavy (non-hydrogen) atoms. The van der Waals surface area contributed by atoms with Gasteiger partial charge in [0.25, 0.3) is 5.91 Å². The van der Waals surface area contributed by atoms with Crippen LogP contribution in [0, 0.1) is 5.82 Å². The zero-order valence-electron chi connectivity index (χ0n) is 18.3. The number of thiazole rings is 1. The van der Waals surface area contributed by atoms with E-state index in [9.17, 15) is 9.18 Å². The van der Waals surface area contributed by atoms with Crippen molar-refractivity contribution in [2.45, 2.75) is 50.2 Å². The second-order valence-corrected chi connectivity index (χ2v) is 10.2. The van der Waals surface area contributed by atoms with Crippen LogP contribution in [0.4, 0.5) is 4.39 Å². The van der Waals surface area contributed by atoms with Crippen molar-refractivity contribution in [2.75, 3.05) is 39.4 Å². The van der Waals surface area contributed by atoms with Gasteiger partial charge in [0.05, 0.1) is 23.8 Å². The van der Waals surface area contributed by atoms with E-state index in [2.05, 4.69) is 9.88 Å². The van der Waals surface area contributed by atoms with Gasteiger partial charge in [-0.3, -0.25) is 9.69 Å². The molecule has 8 heteroatoms. The summed E-state index contributed by atoms with van der Waals surface area (Å²) in [6.45, 7) is 4.16. The number of hydrogen-bond acceptors (Lipinski definition) is 6. The van der Waals surface area contributed by atoms with Crippen molar-refractivity contribution in [3.8, 4) is 0 Å². The lowest BCUT2D eigenvalue weighted by Gasteiger charge is -2.47. The molecule has 2 aliphatic heterocycles. The van der Waals surface area contributed by atoms with Gasteiger partial charge < -0.3 is 14.7 Å². The topological polar surface area (TPSA) is 65.9 Å². The molecule has 2 saturated heterocycles. The van der Waals surface area contributed by atoms with Crippen LogP contribution in [0.25, 0.3) is 0 Å². The van der Waals surface area contributed by atoms with Gasteiger partial charge in [0.2, 0.25) is 0 Å². The Balaban J connectivity index is 1.18. The normalized spacial score (nSPS) is 21.2. The number of likely N-dealkylation sites (tertiary alicyclic amines) is 1. The molecule has 3 fully saturated rings. The Labute approximate surface area is 192 Å². The molecule has 1 spiro atoms. The van der Waals surface area contributed by atoms with Gasteiger partial charge in [-0.05, 0) is 55.4 Å². The number of amides is 1. The third-order valence-electron chi connectivity index (χ3n) is 6.79. The quantitative estimate of drug-likeness (QED) is 0.719. The number of nitrogens with zero attached hydrogens (tertiary/aromatic N) is 3. The molecule has 0 unspecified atom stereocenters. The van der Waals surface area contributed by atoms with Crippen molar-refractivity contribution >= 4 is 17.2 Å². The van der Waals surface area contributed by atoms with E-state index in [0.717, 1.165) is 42.1 Å². The van der Waals surface area contributed by atoms with Crippen LogP contribution in [0.3, 0.4) is 0 Å². The van der Waals surface area contributed by atoms with E-state index in [1.807, 2.05) is 16.3 Å². The monoisotopic (exact) mass is 459 g/mol. The Bertz CT molecular complexity index is 969. The van der Waals surface area contributed by atoms with Gasteiger partial charge in [-0.25, -0.2) is 9.37 Å². The average molecular weight is 460 g/mol. The number of benzene rings is 1. The number of morpholine rings is 1. The van der Waals surface area contributed by atoms with Crippen LogP contribution in [0.5, 0.6) is 0 Å². The largest absolute Gasteiger partial charge is 0.396 e. The van der Waals surface area contributed by atoms with Gasteiger partial charge in [-0.2, -0.15) is 0 Å². The first-order valence-corrected chi connectivity index (χ1v) is 12.4. The molecule has 172 valence electrons. The highest BCUT2D eigenvalue weighted by atomic mass is 32.1. The van der Waals surface area contributed by atoms with Crippen molar-refractivity contribution < 1.29 is 19.0 Å². The van der Waals surface area contributed by atoms with Crippen LogP contribution in [-0.2, 0) is 17.7 Å². The Morgan fingerprint density at radius 3 is 2.75 bits per heavy atom. The second-order valence-electron chi connectivity index (χ2n) is 9.32. The molecule has 1 aromatic carbocycles. The number of ether oxygens (including phenoxy) is 1. The van der Waals surface area contributed by atoms with Gasteiger partial charge in [-0.15, -0.1) is 11.3 Å². The van der Waals surface area contributed by atoms with E-state index in [-0.39, 0.29) is 23.9 Å². The van der Waals surface area contributed by atoms with E-state index in [0.29, 0.717) is 44.3 Å². The average Bonchev–Trinajstić information content (AvgIpc) is 3.52. The molecule has 1 amide bonds. The fourth-order valence-corrected chi connectivity index (χ4v) is 5.81. The molecular formula is C24H30FN3O3S. The Morgan fingerprint density at radius 2 is 2.00 bits per heavy atom. The summed E-state index contributed by atoms with van der Waals surface area (Å²) in [6, 6.07) is 5.04. The molecule has 1 aliphatic carbocycles. The zero-order chi connectivity index (χ0) is 22.1. The Morgan fingerprint density at radius 1 is 1.22 bits per heavy atom. The number of aliphatic hydroxyl groups is 1. The lowest BCUT2D eigenvalue weighted by atomic mass is 9.89. The first kappa shape index (κ1) is 21.9. The number of aliphatic hydroxyl groups excluding tert-OH is 1. The zero-order valence-corrected chi connectivity index (χ0v) is 19.1. The molecule has 0 radical (unpaired) electrons. The highest BCUT2D eigenvalue weighted by molar-refractivity contribution is 7.10. The van der Waals surface area contributed by atoms with Gasteiger partial charge in [0.1, 0.15) is 11.5 Å². The first-order valence-electron chi connectivity index (χ1n) is 11.5. The van der Waals surface area contributed by atoms with Crippen LogP contribution in [-0.4, -0.2) is 70.8 Å². The minimum absolute atomic E-state index is 0.0183. The van der Waals surface area contributed by atoms with E-state index >= 15 is 0 Å². The predicted octanol–water partition coefficient (Wildman–Crippen LogP) is 3.20. The number of carbonyl (C=O) groups is 1. The van der Waals surface area contributed by atoms with Crippen LogP contribution >= 0.6 is 11.3 Å². The molecule has 1 N–H and O–H groups in total. The van der Waals surface area contributed by atoms with E-state index in [1.165, 1.54) is 18.9 Å². The molecule has 0 atom stereocenters. The Hall–Kier alpha value is -1.87. The fraction of sp³-hybridized carbons (Fsp3) is 0.583. The van der Waals surface area contributed by atoms with Crippen LogP contribution in [0.15, 0.2) is 23.6 Å². The van der Waals surface area contributed by atoms with Gasteiger partial charge in [-0.1, -0.05) is 6.07 Å². The van der Waals surface area contributed by atoms with E-state index in [4.69, 9.17) is 9.84 Å². The third-order valence-corrected chi connectivity index (χ3v) is 7.80. The maximum absolute atomic E-state index is 13.9. The lowest BCUT2D eigenvalue weighted by molar-refractivity contribution is -0.128. The number of hydrogen-bond donors (Lipinski definition) is 1. The molecule has 1 aromatic heterocycles. The fourth-order valence-electron chi connectivity index (χ4n) is 4.85. The van der Waals surface area contributed by atoms with Crippen LogP contribution < -0.4 is 0 Å². The van der Waals surface area contributed by atoms with Crippen molar-refractivity contribution in [2.24, 2.45) is 0 Å². The van der Waals surface area contributed by atoms with Gasteiger partial charge >= 0.3 is 0 Å². The lowest BCUT2D eigenvalue weighted by Crippen LogP contribution is -2.58. The standard InChI is InChI=1S/C24H30FN3O3S/c25-20-12-17(3-9-29)11-18(13-20)14-27-6-4-24(5-7-27)16-28(8-10-31-24)23(30)21-15-32-22(26-21)19-1-2-19/h11-13,15,19,29H,1-10,14,16H2. The molecule has 0 bridgehead atoms. The number of rotatable bonds is 6. The van der Waals surface area contributed by atoms with Gasteiger partial charge in [0.15, 0.2) is 0 Å².